The van der Waals surface area contributed by atoms with Crippen LogP contribution in [0.5, 0.6) is 5.75 Å². The summed E-state index contributed by atoms with van der Waals surface area (Å²) in [5.74, 6) is 0.868. The quantitative estimate of drug-likeness (QED) is 0.709. The van der Waals surface area contributed by atoms with Gasteiger partial charge >= 0.3 is 0 Å². The minimum absolute atomic E-state index is 0.589. The monoisotopic (exact) mass is 250 g/mol. The average molecular weight is 250 g/mol. The van der Waals surface area contributed by atoms with Crippen molar-refractivity contribution < 1.29 is 4.74 Å². The molecule has 0 atom stereocenters. The Bertz CT molecular complexity index is 616. The molecule has 2 aromatic carbocycles. The highest BCUT2D eigenvalue weighted by Crippen LogP contribution is 2.16. The van der Waals surface area contributed by atoms with E-state index in [1.807, 2.05) is 53.2 Å². The van der Waals surface area contributed by atoms with Crippen LogP contribution in [0.1, 0.15) is 5.56 Å². The van der Waals surface area contributed by atoms with E-state index in [1.165, 1.54) is 5.56 Å². The Morgan fingerprint density at radius 3 is 2.42 bits per heavy atom. The molecule has 94 valence electrons. The molecule has 3 rings (SSSR count). The van der Waals surface area contributed by atoms with E-state index in [0.29, 0.717) is 6.61 Å². The van der Waals surface area contributed by atoms with E-state index in [9.17, 15) is 0 Å². The SMILES string of the molecule is c1ccc(COc2ccc(-n3ccnc3)cc2)cc1. The lowest BCUT2D eigenvalue weighted by Crippen LogP contribution is -1.95. The minimum atomic E-state index is 0.589. The summed E-state index contributed by atoms with van der Waals surface area (Å²) in [7, 11) is 0. The van der Waals surface area contributed by atoms with Crippen molar-refractivity contribution in [2.75, 3.05) is 0 Å². The standard InChI is InChI=1S/C16H14N2O/c1-2-4-14(5-3-1)12-19-16-8-6-15(7-9-16)18-11-10-17-13-18/h1-11,13H,12H2. The highest BCUT2D eigenvalue weighted by Gasteiger charge is 1.98. The van der Waals surface area contributed by atoms with Crippen molar-refractivity contribution >= 4 is 0 Å². The molecule has 0 fully saturated rings. The number of hydrogen-bond donors (Lipinski definition) is 0. The largest absolute Gasteiger partial charge is 0.489 e. The normalized spacial score (nSPS) is 10.3. The number of aromatic nitrogens is 2. The van der Waals surface area contributed by atoms with Gasteiger partial charge in [0.15, 0.2) is 0 Å². The first-order chi connectivity index (χ1) is 9.42. The number of rotatable bonds is 4. The predicted molar refractivity (Wildman–Crippen MR) is 74.3 cm³/mol. The van der Waals surface area contributed by atoms with E-state index in [0.717, 1.165) is 11.4 Å². The molecule has 0 radical (unpaired) electrons. The highest BCUT2D eigenvalue weighted by molar-refractivity contribution is 5.37. The smallest absolute Gasteiger partial charge is 0.119 e. The van der Waals surface area contributed by atoms with Crippen LogP contribution in [0.3, 0.4) is 0 Å². The molecule has 0 aliphatic rings. The summed E-state index contributed by atoms with van der Waals surface area (Å²) in [6.45, 7) is 0.589. The molecular weight excluding hydrogens is 236 g/mol. The fourth-order valence-corrected chi connectivity index (χ4v) is 1.87. The molecule has 0 aliphatic heterocycles. The van der Waals surface area contributed by atoms with Gasteiger partial charge < -0.3 is 9.30 Å². The molecule has 0 unspecified atom stereocenters. The Hall–Kier alpha value is -2.55. The second kappa shape index (κ2) is 5.40. The summed E-state index contributed by atoms with van der Waals surface area (Å²) in [6.07, 6.45) is 5.46. The zero-order valence-corrected chi connectivity index (χ0v) is 10.4. The zero-order valence-electron chi connectivity index (χ0n) is 10.4. The van der Waals surface area contributed by atoms with Crippen LogP contribution in [0.25, 0.3) is 5.69 Å². The van der Waals surface area contributed by atoms with E-state index in [4.69, 9.17) is 4.74 Å². The molecule has 1 heterocycles. The van der Waals surface area contributed by atoms with Crippen LogP contribution in [0.15, 0.2) is 73.3 Å². The van der Waals surface area contributed by atoms with Crippen molar-refractivity contribution in [3.8, 4) is 11.4 Å². The second-order valence-electron chi connectivity index (χ2n) is 4.24. The van der Waals surface area contributed by atoms with Gasteiger partial charge in [0.1, 0.15) is 12.4 Å². The molecule has 3 aromatic rings. The number of ether oxygens (including phenoxy) is 1. The van der Waals surface area contributed by atoms with Gasteiger partial charge in [-0.3, -0.25) is 0 Å². The lowest BCUT2D eigenvalue weighted by Gasteiger charge is -2.07. The molecule has 0 spiro atoms. The third-order valence-electron chi connectivity index (χ3n) is 2.89. The van der Waals surface area contributed by atoms with Gasteiger partial charge in [-0.25, -0.2) is 4.98 Å². The van der Waals surface area contributed by atoms with Crippen LogP contribution in [-0.4, -0.2) is 9.55 Å². The van der Waals surface area contributed by atoms with E-state index >= 15 is 0 Å². The molecule has 3 nitrogen and oxygen atoms in total. The number of imidazole rings is 1. The van der Waals surface area contributed by atoms with Gasteiger partial charge in [0.2, 0.25) is 0 Å². The summed E-state index contributed by atoms with van der Waals surface area (Å²) in [6, 6.07) is 18.1. The van der Waals surface area contributed by atoms with Crippen LogP contribution in [0.4, 0.5) is 0 Å². The third-order valence-corrected chi connectivity index (χ3v) is 2.89. The number of hydrogen-bond acceptors (Lipinski definition) is 2. The van der Waals surface area contributed by atoms with Crippen molar-refractivity contribution in [2.24, 2.45) is 0 Å². The van der Waals surface area contributed by atoms with Gasteiger partial charge in [0, 0.05) is 18.1 Å². The van der Waals surface area contributed by atoms with Gasteiger partial charge in [-0.15, -0.1) is 0 Å². The molecule has 0 saturated heterocycles. The second-order valence-corrected chi connectivity index (χ2v) is 4.24. The molecule has 19 heavy (non-hydrogen) atoms. The first-order valence-electron chi connectivity index (χ1n) is 6.17. The molecule has 0 saturated carbocycles. The van der Waals surface area contributed by atoms with E-state index in [1.54, 1.807) is 12.5 Å². The number of nitrogens with zero attached hydrogens (tertiary/aromatic N) is 2. The number of benzene rings is 2. The first-order valence-corrected chi connectivity index (χ1v) is 6.17. The van der Waals surface area contributed by atoms with Crippen molar-refractivity contribution in [2.45, 2.75) is 6.61 Å². The average Bonchev–Trinajstić information content (AvgIpc) is 3.01. The van der Waals surface area contributed by atoms with Gasteiger partial charge in [-0.1, -0.05) is 30.3 Å². The summed E-state index contributed by atoms with van der Waals surface area (Å²) in [5, 5.41) is 0. The van der Waals surface area contributed by atoms with Gasteiger partial charge in [0.05, 0.1) is 6.33 Å². The van der Waals surface area contributed by atoms with Crippen LogP contribution in [-0.2, 0) is 6.61 Å². The summed E-state index contributed by atoms with van der Waals surface area (Å²) in [4.78, 5) is 4.03. The lowest BCUT2D eigenvalue weighted by molar-refractivity contribution is 0.306. The van der Waals surface area contributed by atoms with Gasteiger partial charge in [-0.2, -0.15) is 0 Å². The Morgan fingerprint density at radius 2 is 1.74 bits per heavy atom. The Labute approximate surface area is 112 Å². The predicted octanol–water partition coefficient (Wildman–Crippen LogP) is 3.45. The topological polar surface area (TPSA) is 27.1 Å². The Morgan fingerprint density at radius 1 is 0.947 bits per heavy atom. The molecular formula is C16H14N2O. The van der Waals surface area contributed by atoms with Crippen molar-refractivity contribution in [1.82, 2.24) is 9.55 Å². The van der Waals surface area contributed by atoms with Gasteiger partial charge in [-0.05, 0) is 29.8 Å². The lowest BCUT2D eigenvalue weighted by atomic mass is 10.2. The van der Waals surface area contributed by atoms with Crippen LogP contribution >= 0.6 is 0 Å². The fraction of sp³-hybridized carbons (Fsp3) is 0.0625. The van der Waals surface area contributed by atoms with Crippen LogP contribution in [0, 0.1) is 0 Å². The summed E-state index contributed by atoms with van der Waals surface area (Å²) in [5.41, 5.74) is 2.24. The van der Waals surface area contributed by atoms with Crippen LogP contribution in [0.2, 0.25) is 0 Å². The van der Waals surface area contributed by atoms with E-state index in [-0.39, 0.29) is 0 Å². The third kappa shape index (κ3) is 2.83. The maximum absolute atomic E-state index is 5.74. The maximum Gasteiger partial charge on any atom is 0.119 e. The molecule has 1 aromatic heterocycles. The molecule has 0 N–H and O–H groups in total. The van der Waals surface area contributed by atoms with Gasteiger partial charge in [0.25, 0.3) is 0 Å². The summed E-state index contributed by atoms with van der Waals surface area (Å²) < 4.78 is 7.70. The summed E-state index contributed by atoms with van der Waals surface area (Å²) >= 11 is 0. The minimum Gasteiger partial charge on any atom is -0.489 e. The molecule has 0 aliphatic carbocycles. The van der Waals surface area contributed by atoms with Crippen molar-refractivity contribution in [3.63, 3.8) is 0 Å². The molecule has 0 amide bonds. The van der Waals surface area contributed by atoms with E-state index in [2.05, 4.69) is 17.1 Å². The molecule has 3 heteroatoms. The zero-order chi connectivity index (χ0) is 12.9. The Balaban J connectivity index is 1.67. The first kappa shape index (κ1) is 11.5. The maximum atomic E-state index is 5.74. The Kier molecular flexibility index (Phi) is 3.28. The molecule has 0 bridgehead atoms. The van der Waals surface area contributed by atoms with Crippen molar-refractivity contribution in [1.29, 1.82) is 0 Å². The highest BCUT2D eigenvalue weighted by atomic mass is 16.5. The van der Waals surface area contributed by atoms with E-state index < -0.39 is 0 Å². The van der Waals surface area contributed by atoms with Crippen molar-refractivity contribution in [3.05, 3.63) is 78.9 Å². The van der Waals surface area contributed by atoms with Crippen LogP contribution < -0.4 is 4.74 Å². The fourth-order valence-electron chi connectivity index (χ4n) is 1.87.